The first-order chi connectivity index (χ1) is 14.6. The molecule has 0 spiro atoms. The molecule has 2 aliphatic heterocycles. The van der Waals surface area contributed by atoms with E-state index in [1.54, 1.807) is 6.07 Å². The highest BCUT2D eigenvalue weighted by Gasteiger charge is 2.28. The van der Waals surface area contributed by atoms with E-state index in [9.17, 15) is 8.78 Å². The Bertz CT molecular complexity index is 1070. The highest BCUT2D eigenvalue weighted by atomic mass is 35.5. The van der Waals surface area contributed by atoms with Crippen LogP contribution in [0.5, 0.6) is 11.5 Å². The van der Waals surface area contributed by atoms with Crippen molar-refractivity contribution in [2.45, 2.75) is 25.3 Å². The molecule has 0 bridgehead atoms. The average Bonchev–Trinajstić information content (AvgIpc) is 3.38. The zero-order valence-electron chi connectivity index (χ0n) is 16.1. The van der Waals surface area contributed by atoms with E-state index in [0.29, 0.717) is 28.6 Å². The van der Waals surface area contributed by atoms with Crippen molar-refractivity contribution in [2.75, 3.05) is 19.9 Å². The number of H-pyrrole nitrogens is 1. The van der Waals surface area contributed by atoms with Gasteiger partial charge in [0.05, 0.1) is 11.8 Å². The predicted molar refractivity (Wildman–Crippen MR) is 109 cm³/mol. The second-order valence-corrected chi connectivity index (χ2v) is 8.07. The fraction of sp³-hybridized carbons (Fsp3) is 0.318. The summed E-state index contributed by atoms with van der Waals surface area (Å²) in [5, 5.41) is 7.71. The fourth-order valence-corrected chi connectivity index (χ4v) is 4.53. The van der Waals surface area contributed by atoms with Gasteiger partial charge in [-0.2, -0.15) is 5.10 Å². The molecule has 1 N–H and O–H groups in total. The second-order valence-electron chi connectivity index (χ2n) is 7.67. The number of aromatic amines is 1. The Hall–Kier alpha value is -2.64. The van der Waals surface area contributed by atoms with Crippen molar-refractivity contribution in [3.63, 3.8) is 0 Å². The summed E-state index contributed by atoms with van der Waals surface area (Å²) >= 11 is 6.44. The molecule has 0 aliphatic carbocycles. The number of likely N-dealkylation sites (tertiary alicyclic amines) is 1. The number of fused-ring (bicyclic) bond motifs is 1. The lowest BCUT2D eigenvalue weighted by molar-refractivity contribution is 0.173. The lowest BCUT2D eigenvalue weighted by atomic mass is 9.90. The summed E-state index contributed by atoms with van der Waals surface area (Å²) in [6.07, 6.45) is 3.38. The normalized spacial score (nSPS) is 18.7. The van der Waals surface area contributed by atoms with Gasteiger partial charge in [0.2, 0.25) is 6.79 Å². The third-order valence-electron chi connectivity index (χ3n) is 5.75. The van der Waals surface area contributed by atoms with Crippen LogP contribution in [0.3, 0.4) is 0 Å². The average molecular weight is 432 g/mol. The van der Waals surface area contributed by atoms with E-state index in [2.05, 4.69) is 15.1 Å². The van der Waals surface area contributed by atoms with Gasteiger partial charge < -0.3 is 9.47 Å². The lowest BCUT2D eigenvalue weighted by Crippen LogP contribution is -2.34. The number of hydrogen-bond donors (Lipinski definition) is 1. The number of nitrogens with one attached hydrogen (secondary N) is 1. The van der Waals surface area contributed by atoms with Crippen LogP contribution in [-0.2, 0) is 6.54 Å². The molecular formula is C22H20ClF2N3O2. The molecule has 1 aromatic heterocycles. The van der Waals surface area contributed by atoms with Gasteiger partial charge in [-0.25, -0.2) is 8.78 Å². The Morgan fingerprint density at radius 1 is 1.17 bits per heavy atom. The van der Waals surface area contributed by atoms with Crippen LogP contribution in [0.4, 0.5) is 8.78 Å². The van der Waals surface area contributed by atoms with Crippen molar-refractivity contribution in [1.29, 1.82) is 0 Å². The van der Waals surface area contributed by atoms with E-state index >= 15 is 0 Å². The van der Waals surface area contributed by atoms with Crippen molar-refractivity contribution in [3.8, 4) is 22.6 Å². The first-order valence-corrected chi connectivity index (χ1v) is 10.3. The first-order valence-electron chi connectivity index (χ1n) is 9.88. The molecule has 0 amide bonds. The molecule has 5 rings (SSSR count). The van der Waals surface area contributed by atoms with Crippen molar-refractivity contribution >= 4 is 11.6 Å². The van der Waals surface area contributed by atoms with Gasteiger partial charge in [0.15, 0.2) is 11.5 Å². The van der Waals surface area contributed by atoms with E-state index in [0.717, 1.165) is 37.2 Å². The number of benzene rings is 2. The quantitative estimate of drug-likeness (QED) is 0.623. The summed E-state index contributed by atoms with van der Waals surface area (Å²) in [6.45, 7) is 2.51. The number of piperidine rings is 1. The summed E-state index contributed by atoms with van der Waals surface area (Å²) in [7, 11) is 0. The third kappa shape index (κ3) is 3.52. The largest absolute Gasteiger partial charge is 0.454 e. The molecule has 2 aromatic carbocycles. The fourth-order valence-electron chi connectivity index (χ4n) is 4.32. The van der Waals surface area contributed by atoms with E-state index in [4.69, 9.17) is 21.1 Å². The highest BCUT2D eigenvalue weighted by molar-refractivity contribution is 6.31. The third-order valence-corrected chi connectivity index (χ3v) is 6.10. The lowest BCUT2D eigenvalue weighted by Gasteiger charge is -2.33. The van der Waals surface area contributed by atoms with Crippen molar-refractivity contribution in [3.05, 3.63) is 64.4 Å². The molecule has 3 heterocycles. The molecule has 0 radical (unpaired) electrons. The van der Waals surface area contributed by atoms with Crippen molar-refractivity contribution < 1.29 is 18.3 Å². The van der Waals surface area contributed by atoms with Crippen LogP contribution >= 0.6 is 11.6 Å². The van der Waals surface area contributed by atoms with Crippen molar-refractivity contribution in [2.24, 2.45) is 0 Å². The zero-order valence-corrected chi connectivity index (χ0v) is 16.9. The van der Waals surface area contributed by atoms with Crippen LogP contribution in [0.2, 0.25) is 5.02 Å². The number of nitrogens with zero attached hydrogens (tertiary/aromatic N) is 2. The number of aromatic nitrogens is 2. The van der Waals surface area contributed by atoms with Crippen LogP contribution in [-0.4, -0.2) is 35.0 Å². The molecule has 2 aliphatic rings. The van der Waals surface area contributed by atoms with Crippen LogP contribution in [0.25, 0.3) is 11.1 Å². The second kappa shape index (κ2) is 7.89. The molecule has 3 aromatic rings. The smallest absolute Gasteiger partial charge is 0.231 e. The van der Waals surface area contributed by atoms with Crippen LogP contribution in [0, 0.1) is 11.6 Å². The monoisotopic (exact) mass is 431 g/mol. The maximum absolute atomic E-state index is 14.3. The topological polar surface area (TPSA) is 50.4 Å². The number of halogens is 3. The minimum atomic E-state index is -0.586. The maximum atomic E-state index is 14.3. The summed E-state index contributed by atoms with van der Waals surface area (Å²) in [6, 6.07) is 7.61. The molecule has 8 heteroatoms. The van der Waals surface area contributed by atoms with Crippen LogP contribution < -0.4 is 9.47 Å². The van der Waals surface area contributed by atoms with Gasteiger partial charge in [0.1, 0.15) is 11.6 Å². The summed E-state index contributed by atoms with van der Waals surface area (Å²) in [5.41, 5.74) is 2.18. The molecule has 1 atom stereocenters. The van der Waals surface area contributed by atoms with Crippen molar-refractivity contribution in [1.82, 2.24) is 15.1 Å². The van der Waals surface area contributed by atoms with Gasteiger partial charge >= 0.3 is 0 Å². The number of hydrogen-bond acceptors (Lipinski definition) is 4. The van der Waals surface area contributed by atoms with E-state index in [1.165, 1.54) is 24.4 Å². The molecule has 5 nitrogen and oxygen atoms in total. The van der Waals surface area contributed by atoms with Gasteiger partial charge in [-0.15, -0.1) is 0 Å². The molecule has 1 fully saturated rings. The van der Waals surface area contributed by atoms with E-state index in [-0.39, 0.29) is 18.3 Å². The minimum absolute atomic E-state index is 0.0304. The van der Waals surface area contributed by atoms with E-state index in [1.807, 2.05) is 6.07 Å². The number of rotatable bonds is 4. The maximum Gasteiger partial charge on any atom is 0.231 e. The van der Waals surface area contributed by atoms with Gasteiger partial charge in [0.25, 0.3) is 0 Å². The summed E-state index contributed by atoms with van der Waals surface area (Å²) in [4.78, 5) is 2.29. The minimum Gasteiger partial charge on any atom is -0.454 e. The van der Waals surface area contributed by atoms with Gasteiger partial charge in [-0.1, -0.05) is 17.7 Å². The Balaban J connectivity index is 1.38. The Morgan fingerprint density at radius 3 is 2.73 bits per heavy atom. The number of ether oxygens (including phenoxy) is 2. The standard InChI is InChI=1S/C22H20ClF2N3O2/c23-16-8-20-19(29-12-30-20)7-14(16)11-28-6-2-3-13(10-28)22-15(9-26-27-22)21-17(24)4-1-5-18(21)25/h1,4-5,7-9,13H,2-3,6,10-12H2,(H,26,27)/t13-/m1/s1. The molecule has 0 saturated carbocycles. The molecular weight excluding hydrogens is 412 g/mol. The first kappa shape index (κ1) is 19.3. The van der Waals surface area contributed by atoms with Gasteiger partial charge in [-0.05, 0) is 43.1 Å². The molecule has 1 saturated heterocycles. The molecule has 30 heavy (non-hydrogen) atoms. The Labute approximate surface area is 177 Å². The molecule has 0 unspecified atom stereocenters. The highest BCUT2D eigenvalue weighted by Crippen LogP contribution is 2.39. The Morgan fingerprint density at radius 2 is 1.93 bits per heavy atom. The van der Waals surface area contributed by atoms with Gasteiger partial charge in [-0.3, -0.25) is 10.00 Å². The van der Waals surface area contributed by atoms with Crippen LogP contribution in [0.15, 0.2) is 36.5 Å². The predicted octanol–water partition coefficient (Wildman–Crippen LogP) is 5.12. The van der Waals surface area contributed by atoms with Gasteiger partial charge in [0, 0.05) is 41.4 Å². The van der Waals surface area contributed by atoms with E-state index < -0.39 is 11.6 Å². The molecule has 156 valence electrons. The SMILES string of the molecule is Fc1cccc(F)c1-c1cn[nH]c1[C@@H]1CCCN(Cc2cc3c(cc2Cl)OCO3)C1. The summed E-state index contributed by atoms with van der Waals surface area (Å²) in [5.74, 6) is 0.279. The van der Waals surface area contributed by atoms with Crippen LogP contribution in [0.1, 0.15) is 30.0 Å². The Kier molecular flexibility index (Phi) is 5.08. The zero-order chi connectivity index (χ0) is 20.7. The summed E-state index contributed by atoms with van der Waals surface area (Å²) < 4.78 is 39.5.